The number of hydrogen-bond acceptors (Lipinski definition) is 3. The quantitative estimate of drug-likeness (QED) is 0.693. The summed E-state index contributed by atoms with van der Waals surface area (Å²) in [6.45, 7) is 7.55. The van der Waals surface area contributed by atoms with E-state index in [2.05, 4.69) is 35.8 Å². The Morgan fingerprint density at radius 1 is 1.47 bits per heavy atom. The van der Waals surface area contributed by atoms with Gasteiger partial charge in [-0.15, -0.1) is 0 Å². The van der Waals surface area contributed by atoms with Gasteiger partial charge >= 0.3 is 0 Å². The van der Waals surface area contributed by atoms with E-state index in [0.29, 0.717) is 11.8 Å². The van der Waals surface area contributed by atoms with E-state index >= 15 is 0 Å². The minimum Gasteiger partial charge on any atom is -0.498 e. The molecule has 19 heavy (non-hydrogen) atoms. The zero-order chi connectivity index (χ0) is 13.3. The average Bonchev–Trinajstić information content (AvgIpc) is 2.47. The summed E-state index contributed by atoms with van der Waals surface area (Å²) in [4.78, 5) is 0. The maximum atomic E-state index is 6.00. The topological polar surface area (TPSA) is 33.3 Å². The Morgan fingerprint density at radius 3 is 3.21 bits per heavy atom. The van der Waals surface area contributed by atoms with Crippen LogP contribution in [0.25, 0.3) is 0 Å². The van der Waals surface area contributed by atoms with Crippen LogP contribution in [0.2, 0.25) is 0 Å². The number of nitrogens with one attached hydrogen (secondary N) is 2. The summed E-state index contributed by atoms with van der Waals surface area (Å²) in [5.41, 5.74) is 0. The molecule has 1 heterocycles. The highest BCUT2D eigenvalue weighted by atomic mass is 16.5. The largest absolute Gasteiger partial charge is 0.498 e. The van der Waals surface area contributed by atoms with Crippen LogP contribution in [0.5, 0.6) is 0 Å². The SMILES string of the molecule is CCCNCC1C=CC=C(OCC2CCCNC2)C1. The first kappa shape index (κ1) is 14.6. The van der Waals surface area contributed by atoms with Gasteiger partial charge in [-0.25, -0.2) is 0 Å². The molecule has 0 aromatic carbocycles. The molecule has 0 radical (unpaired) electrons. The summed E-state index contributed by atoms with van der Waals surface area (Å²) in [6, 6.07) is 0. The molecule has 2 rings (SSSR count). The van der Waals surface area contributed by atoms with E-state index in [1.807, 2.05) is 0 Å². The predicted molar refractivity (Wildman–Crippen MR) is 80.0 cm³/mol. The van der Waals surface area contributed by atoms with Crippen molar-refractivity contribution in [1.82, 2.24) is 10.6 Å². The van der Waals surface area contributed by atoms with Gasteiger partial charge in [-0.3, -0.25) is 0 Å². The van der Waals surface area contributed by atoms with E-state index in [-0.39, 0.29) is 0 Å². The van der Waals surface area contributed by atoms with E-state index in [1.165, 1.54) is 25.8 Å². The molecule has 2 atom stereocenters. The van der Waals surface area contributed by atoms with Gasteiger partial charge < -0.3 is 15.4 Å². The lowest BCUT2D eigenvalue weighted by Gasteiger charge is -2.25. The Kier molecular flexibility index (Phi) is 6.45. The molecule has 3 heteroatoms. The third-order valence-corrected chi connectivity index (χ3v) is 3.87. The summed E-state index contributed by atoms with van der Waals surface area (Å²) in [5.74, 6) is 2.45. The second-order valence-corrected chi connectivity index (χ2v) is 5.71. The summed E-state index contributed by atoms with van der Waals surface area (Å²) >= 11 is 0. The Bertz CT molecular complexity index is 306. The third-order valence-electron chi connectivity index (χ3n) is 3.87. The van der Waals surface area contributed by atoms with Crippen molar-refractivity contribution in [1.29, 1.82) is 0 Å². The Hall–Kier alpha value is -0.800. The van der Waals surface area contributed by atoms with Gasteiger partial charge in [0.05, 0.1) is 12.4 Å². The van der Waals surface area contributed by atoms with E-state index in [0.717, 1.165) is 38.4 Å². The standard InChI is InChI=1S/C16H28N2O/c1-2-8-17-11-14-5-3-7-16(10-14)19-13-15-6-4-9-18-12-15/h3,5,7,14-15,17-18H,2,4,6,8-13H2,1H3. The van der Waals surface area contributed by atoms with E-state index in [1.54, 1.807) is 0 Å². The molecule has 2 N–H and O–H groups in total. The second kappa shape index (κ2) is 8.39. The summed E-state index contributed by atoms with van der Waals surface area (Å²) in [6.07, 6.45) is 11.4. The highest BCUT2D eigenvalue weighted by Crippen LogP contribution is 2.21. The molecule has 1 aliphatic heterocycles. The molecule has 0 amide bonds. The molecule has 0 aromatic rings. The fraction of sp³-hybridized carbons (Fsp3) is 0.750. The first-order valence-corrected chi connectivity index (χ1v) is 7.80. The fourth-order valence-electron chi connectivity index (χ4n) is 2.72. The molecule has 1 fully saturated rings. The van der Waals surface area contributed by atoms with Gasteiger partial charge in [-0.1, -0.05) is 19.1 Å². The predicted octanol–water partition coefficient (Wildman–Crippen LogP) is 2.46. The van der Waals surface area contributed by atoms with Crippen LogP contribution in [0.3, 0.4) is 0 Å². The zero-order valence-electron chi connectivity index (χ0n) is 12.2. The third kappa shape index (κ3) is 5.37. The summed E-state index contributed by atoms with van der Waals surface area (Å²) in [5, 5.41) is 6.93. The van der Waals surface area contributed by atoms with Crippen molar-refractivity contribution in [3.8, 4) is 0 Å². The fourth-order valence-corrected chi connectivity index (χ4v) is 2.72. The van der Waals surface area contributed by atoms with E-state index in [9.17, 15) is 0 Å². The minimum atomic E-state index is 0.594. The lowest BCUT2D eigenvalue weighted by Crippen LogP contribution is -2.32. The number of piperidine rings is 1. The first-order valence-electron chi connectivity index (χ1n) is 7.80. The van der Waals surface area contributed by atoms with Gasteiger partial charge in [-0.05, 0) is 44.3 Å². The lowest BCUT2D eigenvalue weighted by molar-refractivity contribution is 0.137. The number of hydrogen-bond donors (Lipinski definition) is 2. The highest BCUT2D eigenvalue weighted by molar-refractivity contribution is 5.16. The van der Waals surface area contributed by atoms with Crippen LogP contribution in [0.15, 0.2) is 24.0 Å². The number of allylic oxidation sites excluding steroid dienone is 3. The minimum absolute atomic E-state index is 0.594. The van der Waals surface area contributed by atoms with Gasteiger partial charge in [0.1, 0.15) is 0 Å². The van der Waals surface area contributed by atoms with Crippen LogP contribution in [0.4, 0.5) is 0 Å². The molecule has 108 valence electrons. The zero-order valence-corrected chi connectivity index (χ0v) is 12.2. The lowest BCUT2D eigenvalue weighted by atomic mass is 9.98. The monoisotopic (exact) mass is 264 g/mol. The van der Waals surface area contributed by atoms with E-state index < -0.39 is 0 Å². The van der Waals surface area contributed by atoms with Crippen molar-refractivity contribution in [2.75, 3.05) is 32.8 Å². The van der Waals surface area contributed by atoms with Crippen LogP contribution in [-0.2, 0) is 4.74 Å². The first-order chi connectivity index (χ1) is 9.38. The average molecular weight is 264 g/mol. The van der Waals surface area contributed by atoms with Crippen molar-refractivity contribution in [2.24, 2.45) is 11.8 Å². The number of ether oxygens (including phenoxy) is 1. The summed E-state index contributed by atoms with van der Waals surface area (Å²) < 4.78 is 6.00. The smallest absolute Gasteiger partial charge is 0.0966 e. The molecule has 0 bridgehead atoms. The second-order valence-electron chi connectivity index (χ2n) is 5.71. The van der Waals surface area contributed by atoms with Crippen molar-refractivity contribution >= 4 is 0 Å². The van der Waals surface area contributed by atoms with E-state index in [4.69, 9.17) is 4.74 Å². The molecule has 0 aromatic heterocycles. The molecule has 0 spiro atoms. The van der Waals surface area contributed by atoms with Crippen LogP contribution in [0.1, 0.15) is 32.6 Å². The van der Waals surface area contributed by atoms with Crippen molar-refractivity contribution < 1.29 is 4.74 Å². The molecular formula is C16H28N2O. The van der Waals surface area contributed by atoms with Gasteiger partial charge in [-0.2, -0.15) is 0 Å². The van der Waals surface area contributed by atoms with Gasteiger partial charge in [0.2, 0.25) is 0 Å². The van der Waals surface area contributed by atoms with Crippen LogP contribution in [0, 0.1) is 11.8 Å². The van der Waals surface area contributed by atoms with Gasteiger partial charge in [0.15, 0.2) is 0 Å². The number of rotatable bonds is 7. The molecule has 3 nitrogen and oxygen atoms in total. The van der Waals surface area contributed by atoms with Crippen molar-refractivity contribution in [3.05, 3.63) is 24.0 Å². The Morgan fingerprint density at radius 2 is 2.42 bits per heavy atom. The maximum absolute atomic E-state index is 6.00. The van der Waals surface area contributed by atoms with Crippen LogP contribution >= 0.6 is 0 Å². The van der Waals surface area contributed by atoms with Gasteiger partial charge in [0, 0.05) is 25.4 Å². The van der Waals surface area contributed by atoms with Crippen molar-refractivity contribution in [3.63, 3.8) is 0 Å². The molecule has 2 aliphatic rings. The summed E-state index contributed by atoms with van der Waals surface area (Å²) in [7, 11) is 0. The highest BCUT2D eigenvalue weighted by Gasteiger charge is 2.16. The molecule has 1 saturated heterocycles. The molecule has 1 aliphatic carbocycles. The van der Waals surface area contributed by atoms with Gasteiger partial charge in [0.25, 0.3) is 0 Å². The Balaban J connectivity index is 1.66. The molecular weight excluding hydrogens is 236 g/mol. The maximum Gasteiger partial charge on any atom is 0.0966 e. The molecule has 2 unspecified atom stereocenters. The normalized spacial score (nSPS) is 27.1. The van der Waals surface area contributed by atoms with Crippen molar-refractivity contribution in [2.45, 2.75) is 32.6 Å². The van der Waals surface area contributed by atoms with Crippen LogP contribution < -0.4 is 10.6 Å². The molecule has 0 saturated carbocycles. The Labute approximate surface area is 117 Å². The van der Waals surface area contributed by atoms with Crippen LogP contribution in [-0.4, -0.2) is 32.8 Å².